The van der Waals surface area contributed by atoms with Gasteiger partial charge in [-0.25, -0.2) is 0 Å². The van der Waals surface area contributed by atoms with Crippen LogP contribution in [0.1, 0.15) is 31.0 Å². The van der Waals surface area contributed by atoms with Crippen LogP contribution in [0, 0.1) is 12.8 Å². The molecule has 1 aliphatic rings. The van der Waals surface area contributed by atoms with Crippen LogP contribution in [0.5, 0.6) is 0 Å². The van der Waals surface area contributed by atoms with Crippen molar-refractivity contribution in [2.75, 3.05) is 26.2 Å². The zero-order valence-corrected chi connectivity index (χ0v) is 13.3. The number of piperidine rings is 1. The molecule has 114 valence electrons. The third-order valence-electron chi connectivity index (χ3n) is 4.80. The lowest BCUT2D eigenvalue weighted by molar-refractivity contribution is 0.176. The van der Waals surface area contributed by atoms with Crippen LogP contribution in [0.4, 0.5) is 0 Å². The van der Waals surface area contributed by atoms with Gasteiger partial charge in [-0.1, -0.05) is 25.1 Å². The fourth-order valence-electron chi connectivity index (χ4n) is 3.46. The summed E-state index contributed by atoms with van der Waals surface area (Å²) in [6.07, 6.45) is 2.66. The van der Waals surface area contributed by atoms with Crippen molar-refractivity contribution in [1.29, 1.82) is 0 Å². The molecule has 0 unspecified atom stereocenters. The molecule has 1 aromatic carbocycles. The Kier molecular flexibility index (Phi) is 4.61. The van der Waals surface area contributed by atoms with Crippen LogP contribution in [-0.4, -0.2) is 36.1 Å². The van der Waals surface area contributed by atoms with E-state index in [1.165, 1.54) is 54.6 Å². The van der Waals surface area contributed by atoms with Crippen LogP contribution in [0.25, 0.3) is 10.9 Å². The van der Waals surface area contributed by atoms with E-state index in [9.17, 15) is 0 Å². The van der Waals surface area contributed by atoms with Crippen LogP contribution < -0.4 is 5.32 Å². The Bertz CT molecular complexity index is 579. The minimum absolute atomic E-state index is 0.866. The van der Waals surface area contributed by atoms with Gasteiger partial charge < -0.3 is 10.3 Å². The maximum absolute atomic E-state index is 3.52. The molecule has 0 saturated carbocycles. The van der Waals surface area contributed by atoms with Crippen LogP contribution >= 0.6 is 0 Å². The molecular formula is C18H27N3. The summed E-state index contributed by atoms with van der Waals surface area (Å²) < 4.78 is 0. The highest BCUT2D eigenvalue weighted by molar-refractivity contribution is 5.84. The van der Waals surface area contributed by atoms with E-state index in [0.29, 0.717) is 0 Å². The van der Waals surface area contributed by atoms with E-state index in [1.807, 2.05) is 0 Å². The van der Waals surface area contributed by atoms with Crippen LogP contribution in [0.2, 0.25) is 0 Å². The van der Waals surface area contributed by atoms with Crippen molar-refractivity contribution in [3.63, 3.8) is 0 Å². The van der Waals surface area contributed by atoms with Gasteiger partial charge >= 0.3 is 0 Å². The first kappa shape index (κ1) is 14.6. The molecule has 1 fully saturated rings. The molecule has 2 aromatic rings. The summed E-state index contributed by atoms with van der Waals surface area (Å²) in [6.45, 7) is 10.2. The summed E-state index contributed by atoms with van der Waals surface area (Å²) in [5.41, 5.74) is 4.08. The highest BCUT2D eigenvalue weighted by Crippen LogP contribution is 2.25. The molecule has 3 rings (SSSR count). The molecule has 0 aliphatic carbocycles. The summed E-state index contributed by atoms with van der Waals surface area (Å²) in [7, 11) is 0. The molecular weight excluding hydrogens is 258 g/mol. The van der Waals surface area contributed by atoms with E-state index in [0.717, 1.165) is 19.0 Å². The molecule has 3 nitrogen and oxygen atoms in total. The minimum Gasteiger partial charge on any atom is -0.358 e. The molecule has 1 aliphatic heterocycles. The smallest absolute Gasteiger partial charge is 0.0459 e. The number of H-pyrrole nitrogens is 1. The molecule has 1 saturated heterocycles. The van der Waals surface area contributed by atoms with Crippen molar-refractivity contribution in [1.82, 2.24) is 15.2 Å². The van der Waals surface area contributed by atoms with Gasteiger partial charge in [0.05, 0.1) is 0 Å². The second-order valence-electron chi connectivity index (χ2n) is 6.30. The van der Waals surface area contributed by atoms with Crippen LogP contribution in [0.3, 0.4) is 0 Å². The number of fused-ring (bicyclic) bond motifs is 1. The molecule has 0 atom stereocenters. The lowest BCUT2D eigenvalue weighted by Gasteiger charge is -2.32. The number of para-hydroxylation sites is 1. The Morgan fingerprint density at radius 3 is 2.76 bits per heavy atom. The van der Waals surface area contributed by atoms with Gasteiger partial charge in [-0.15, -0.1) is 0 Å². The monoisotopic (exact) mass is 285 g/mol. The van der Waals surface area contributed by atoms with Crippen molar-refractivity contribution in [3.8, 4) is 0 Å². The third kappa shape index (κ3) is 3.30. The van der Waals surface area contributed by atoms with Gasteiger partial charge in [0.1, 0.15) is 0 Å². The second kappa shape index (κ2) is 6.63. The summed E-state index contributed by atoms with van der Waals surface area (Å²) >= 11 is 0. The SMILES string of the molecule is CCNCC1CCN(Cc2c(C)[nH]c3ccccc23)CC1. The quantitative estimate of drug-likeness (QED) is 0.883. The average molecular weight is 285 g/mol. The highest BCUT2D eigenvalue weighted by Gasteiger charge is 2.20. The minimum atomic E-state index is 0.866. The van der Waals surface area contributed by atoms with E-state index in [2.05, 4.69) is 53.3 Å². The Labute approximate surface area is 127 Å². The van der Waals surface area contributed by atoms with E-state index >= 15 is 0 Å². The first-order valence-electron chi connectivity index (χ1n) is 8.27. The fourth-order valence-corrected chi connectivity index (χ4v) is 3.46. The number of likely N-dealkylation sites (tertiary alicyclic amines) is 1. The van der Waals surface area contributed by atoms with Gasteiger partial charge in [-0.2, -0.15) is 0 Å². The molecule has 0 amide bonds. The average Bonchev–Trinajstić information content (AvgIpc) is 2.83. The van der Waals surface area contributed by atoms with Gasteiger partial charge in [0.15, 0.2) is 0 Å². The number of hydrogen-bond acceptors (Lipinski definition) is 2. The van der Waals surface area contributed by atoms with Crippen molar-refractivity contribution in [2.24, 2.45) is 5.92 Å². The number of nitrogens with one attached hydrogen (secondary N) is 2. The third-order valence-corrected chi connectivity index (χ3v) is 4.80. The summed E-state index contributed by atoms with van der Waals surface area (Å²) in [4.78, 5) is 6.13. The predicted molar refractivity (Wildman–Crippen MR) is 89.6 cm³/mol. The van der Waals surface area contributed by atoms with E-state index < -0.39 is 0 Å². The van der Waals surface area contributed by atoms with E-state index in [4.69, 9.17) is 0 Å². The van der Waals surface area contributed by atoms with Gasteiger partial charge in [-0.3, -0.25) is 4.90 Å². The van der Waals surface area contributed by atoms with Crippen LogP contribution in [-0.2, 0) is 6.54 Å². The first-order valence-corrected chi connectivity index (χ1v) is 8.27. The summed E-state index contributed by atoms with van der Waals surface area (Å²) in [6, 6.07) is 8.66. The largest absolute Gasteiger partial charge is 0.358 e. The maximum Gasteiger partial charge on any atom is 0.0459 e. The Balaban J connectivity index is 1.63. The second-order valence-corrected chi connectivity index (χ2v) is 6.30. The summed E-state index contributed by atoms with van der Waals surface area (Å²) in [5, 5.41) is 4.88. The number of aromatic nitrogens is 1. The molecule has 0 radical (unpaired) electrons. The van der Waals surface area contributed by atoms with Crippen LogP contribution in [0.15, 0.2) is 24.3 Å². The van der Waals surface area contributed by atoms with Gasteiger partial charge in [0.2, 0.25) is 0 Å². The Morgan fingerprint density at radius 2 is 2.00 bits per heavy atom. The number of nitrogens with zero attached hydrogens (tertiary/aromatic N) is 1. The first-order chi connectivity index (χ1) is 10.3. The predicted octanol–water partition coefficient (Wildman–Crippen LogP) is 3.30. The van der Waals surface area contributed by atoms with E-state index in [1.54, 1.807) is 0 Å². The van der Waals surface area contributed by atoms with Crippen molar-refractivity contribution < 1.29 is 0 Å². The van der Waals surface area contributed by atoms with Crippen molar-refractivity contribution >= 4 is 10.9 Å². The van der Waals surface area contributed by atoms with Crippen molar-refractivity contribution in [2.45, 2.75) is 33.2 Å². The number of aryl methyl sites for hydroxylation is 1. The fraction of sp³-hybridized carbons (Fsp3) is 0.556. The number of rotatable bonds is 5. The normalized spacial score (nSPS) is 17.6. The summed E-state index contributed by atoms with van der Waals surface area (Å²) in [5.74, 6) is 0.866. The molecule has 0 bridgehead atoms. The molecule has 3 heteroatoms. The number of hydrogen-bond donors (Lipinski definition) is 2. The molecule has 1 aromatic heterocycles. The topological polar surface area (TPSA) is 31.1 Å². The molecule has 21 heavy (non-hydrogen) atoms. The number of benzene rings is 1. The Hall–Kier alpha value is -1.32. The lowest BCUT2D eigenvalue weighted by Crippen LogP contribution is -2.36. The lowest BCUT2D eigenvalue weighted by atomic mass is 9.96. The zero-order valence-electron chi connectivity index (χ0n) is 13.3. The highest BCUT2D eigenvalue weighted by atomic mass is 15.1. The molecule has 0 spiro atoms. The number of aromatic amines is 1. The van der Waals surface area contributed by atoms with Crippen molar-refractivity contribution in [3.05, 3.63) is 35.5 Å². The zero-order chi connectivity index (χ0) is 14.7. The standard InChI is InChI=1S/C18H27N3/c1-3-19-12-15-8-10-21(11-9-15)13-17-14(2)20-18-7-5-4-6-16(17)18/h4-7,15,19-20H,3,8-13H2,1-2H3. The van der Waals surface area contributed by atoms with E-state index in [-0.39, 0.29) is 0 Å². The van der Waals surface area contributed by atoms with Gasteiger partial charge in [0, 0.05) is 23.1 Å². The van der Waals surface area contributed by atoms with Gasteiger partial charge in [0.25, 0.3) is 0 Å². The maximum atomic E-state index is 3.52. The molecule has 2 N–H and O–H groups in total. The Morgan fingerprint density at radius 1 is 1.24 bits per heavy atom. The molecule has 2 heterocycles. The van der Waals surface area contributed by atoms with Gasteiger partial charge in [-0.05, 0) is 63.5 Å².